The van der Waals surface area contributed by atoms with Gasteiger partial charge in [0.05, 0.1) is 6.10 Å². The molecule has 1 unspecified atom stereocenters. The quantitative estimate of drug-likeness (QED) is 0.663. The molecule has 0 bridgehead atoms. The number of rotatable bonds is 6. The number of carbonyl (C=O) groups is 2. The molecule has 2 N–H and O–H groups in total. The standard InChI is InChI=1S/C11H18N2O4/c1-2-5-13(8-10(14)15)11(16)12-7-9-4-3-6-17-9/h2,9H,1,3-8H2,(H,12,16)(H,14,15). The summed E-state index contributed by atoms with van der Waals surface area (Å²) in [6, 6.07) is -0.400. The minimum Gasteiger partial charge on any atom is -0.480 e. The number of hydrogen-bond donors (Lipinski definition) is 2. The molecule has 0 aliphatic carbocycles. The first-order chi connectivity index (χ1) is 8.13. The monoisotopic (exact) mass is 242 g/mol. The Morgan fingerprint density at radius 3 is 2.88 bits per heavy atom. The number of nitrogens with zero attached hydrogens (tertiary/aromatic N) is 1. The van der Waals surface area contributed by atoms with Gasteiger partial charge in [-0.3, -0.25) is 4.79 Å². The molecule has 0 aromatic rings. The van der Waals surface area contributed by atoms with Crippen LogP contribution in [0.15, 0.2) is 12.7 Å². The Morgan fingerprint density at radius 1 is 1.59 bits per heavy atom. The summed E-state index contributed by atoms with van der Waals surface area (Å²) < 4.78 is 5.35. The first-order valence-electron chi connectivity index (χ1n) is 5.60. The molecule has 0 aromatic heterocycles. The molecule has 96 valence electrons. The van der Waals surface area contributed by atoms with Crippen LogP contribution < -0.4 is 5.32 Å². The summed E-state index contributed by atoms with van der Waals surface area (Å²) >= 11 is 0. The lowest BCUT2D eigenvalue weighted by Crippen LogP contribution is -2.45. The van der Waals surface area contributed by atoms with E-state index < -0.39 is 12.0 Å². The van der Waals surface area contributed by atoms with E-state index in [-0.39, 0.29) is 19.2 Å². The zero-order chi connectivity index (χ0) is 12.7. The van der Waals surface area contributed by atoms with Crippen LogP contribution in [0, 0.1) is 0 Å². The zero-order valence-electron chi connectivity index (χ0n) is 9.72. The van der Waals surface area contributed by atoms with E-state index in [1.54, 1.807) is 0 Å². The second-order valence-corrected chi connectivity index (χ2v) is 3.88. The van der Waals surface area contributed by atoms with Gasteiger partial charge < -0.3 is 20.1 Å². The molecule has 1 aliphatic heterocycles. The van der Waals surface area contributed by atoms with Crippen LogP contribution >= 0.6 is 0 Å². The number of carboxylic acids is 1. The second-order valence-electron chi connectivity index (χ2n) is 3.88. The lowest BCUT2D eigenvalue weighted by atomic mass is 10.2. The molecule has 1 atom stereocenters. The van der Waals surface area contributed by atoms with Crippen molar-refractivity contribution in [2.24, 2.45) is 0 Å². The fraction of sp³-hybridized carbons (Fsp3) is 0.636. The van der Waals surface area contributed by atoms with Crippen molar-refractivity contribution in [2.75, 3.05) is 26.2 Å². The lowest BCUT2D eigenvalue weighted by molar-refractivity contribution is -0.137. The van der Waals surface area contributed by atoms with Crippen molar-refractivity contribution in [2.45, 2.75) is 18.9 Å². The molecule has 6 heteroatoms. The molecule has 1 rings (SSSR count). The Bertz CT molecular complexity index is 287. The second kappa shape index (κ2) is 6.90. The third-order valence-electron chi connectivity index (χ3n) is 2.47. The fourth-order valence-electron chi connectivity index (χ4n) is 1.66. The van der Waals surface area contributed by atoms with Gasteiger partial charge in [0.1, 0.15) is 6.54 Å². The summed E-state index contributed by atoms with van der Waals surface area (Å²) in [7, 11) is 0. The van der Waals surface area contributed by atoms with Crippen LogP contribution in [-0.2, 0) is 9.53 Å². The van der Waals surface area contributed by atoms with E-state index in [1.807, 2.05) is 0 Å². The van der Waals surface area contributed by atoms with Crippen molar-refractivity contribution in [3.8, 4) is 0 Å². The molecule has 0 aromatic carbocycles. The van der Waals surface area contributed by atoms with Crippen LogP contribution in [-0.4, -0.2) is 54.4 Å². The third-order valence-corrected chi connectivity index (χ3v) is 2.47. The smallest absolute Gasteiger partial charge is 0.323 e. The number of ether oxygens (including phenoxy) is 1. The lowest BCUT2D eigenvalue weighted by Gasteiger charge is -2.20. The van der Waals surface area contributed by atoms with Gasteiger partial charge in [0.25, 0.3) is 0 Å². The van der Waals surface area contributed by atoms with E-state index in [2.05, 4.69) is 11.9 Å². The van der Waals surface area contributed by atoms with Crippen molar-refractivity contribution < 1.29 is 19.4 Å². The highest BCUT2D eigenvalue weighted by Crippen LogP contribution is 2.10. The minimum atomic E-state index is -1.04. The molecule has 0 spiro atoms. The Labute approximate surface area is 100 Å². The maximum absolute atomic E-state index is 11.7. The Kier molecular flexibility index (Phi) is 5.48. The van der Waals surface area contributed by atoms with Gasteiger partial charge in [-0.1, -0.05) is 6.08 Å². The normalized spacial score (nSPS) is 18.7. The number of carbonyl (C=O) groups excluding carboxylic acids is 1. The number of aliphatic carboxylic acids is 1. The number of carboxylic acid groups (broad SMARTS) is 1. The van der Waals surface area contributed by atoms with E-state index >= 15 is 0 Å². The van der Waals surface area contributed by atoms with Crippen molar-refractivity contribution in [1.82, 2.24) is 10.2 Å². The number of nitrogens with one attached hydrogen (secondary N) is 1. The highest BCUT2D eigenvalue weighted by Gasteiger charge is 2.19. The molecule has 1 saturated heterocycles. The SMILES string of the molecule is C=CCN(CC(=O)O)C(=O)NCC1CCCO1. The summed E-state index contributed by atoms with van der Waals surface area (Å²) in [4.78, 5) is 23.4. The van der Waals surface area contributed by atoms with Crippen molar-refractivity contribution in [3.63, 3.8) is 0 Å². The van der Waals surface area contributed by atoms with Gasteiger partial charge >= 0.3 is 12.0 Å². The summed E-state index contributed by atoms with van der Waals surface area (Å²) in [5, 5.41) is 11.3. The molecule has 2 amide bonds. The van der Waals surface area contributed by atoms with E-state index in [9.17, 15) is 9.59 Å². The van der Waals surface area contributed by atoms with Crippen molar-refractivity contribution in [1.29, 1.82) is 0 Å². The largest absolute Gasteiger partial charge is 0.480 e. The van der Waals surface area contributed by atoms with E-state index in [1.165, 1.54) is 11.0 Å². The molecule has 6 nitrogen and oxygen atoms in total. The zero-order valence-corrected chi connectivity index (χ0v) is 9.72. The van der Waals surface area contributed by atoms with E-state index in [4.69, 9.17) is 9.84 Å². The number of hydrogen-bond acceptors (Lipinski definition) is 3. The Balaban J connectivity index is 2.35. The molecule has 1 aliphatic rings. The maximum Gasteiger partial charge on any atom is 0.323 e. The highest BCUT2D eigenvalue weighted by molar-refractivity contribution is 5.80. The topological polar surface area (TPSA) is 78.9 Å². The predicted molar refractivity (Wildman–Crippen MR) is 61.8 cm³/mol. The summed E-state index contributed by atoms with van der Waals surface area (Å²) in [5.41, 5.74) is 0. The van der Waals surface area contributed by atoms with E-state index in [0.29, 0.717) is 6.54 Å². The van der Waals surface area contributed by atoms with Gasteiger partial charge in [-0.2, -0.15) is 0 Å². The average molecular weight is 242 g/mol. The average Bonchev–Trinajstić information content (AvgIpc) is 2.77. The van der Waals surface area contributed by atoms with Crippen molar-refractivity contribution >= 4 is 12.0 Å². The molecular formula is C11H18N2O4. The van der Waals surface area contributed by atoms with Gasteiger partial charge in [0, 0.05) is 19.7 Å². The van der Waals surface area contributed by atoms with Gasteiger partial charge in [-0.15, -0.1) is 6.58 Å². The molecule has 0 saturated carbocycles. The van der Waals surface area contributed by atoms with Crippen LogP contribution in [0.1, 0.15) is 12.8 Å². The van der Waals surface area contributed by atoms with Gasteiger partial charge in [0.2, 0.25) is 0 Å². The van der Waals surface area contributed by atoms with Crippen molar-refractivity contribution in [3.05, 3.63) is 12.7 Å². The van der Waals surface area contributed by atoms with Gasteiger partial charge in [0.15, 0.2) is 0 Å². The van der Waals surface area contributed by atoms with Crippen LogP contribution in [0.4, 0.5) is 4.79 Å². The number of urea groups is 1. The molecule has 1 fully saturated rings. The highest BCUT2D eigenvalue weighted by atomic mass is 16.5. The molecule has 0 radical (unpaired) electrons. The fourth-order valence-corrected chi connectivity index (χ4v) is 1.66. The summed E-state index contributed by atoms with van der Waals surface area (Å²) in [6.07, 6.45) is 3.48. The predicted octanol–water partition coefficient (Wildman–Crippen LogP) is 0.448. The minimum absolute atomic E-state index is 0.0503. The molecular weight excluding hydrogens is 224 g/mol. The van der Waals surface area contributed by atoms with Crippen LogP contribution in [0.25, 0.3) is 0 Å². The summed E-state index contributed by atoms with van der Waals surface area (Å²) in [6.45, 7) is 4.52. The summed E-state index contributed by atoms with van der Waals surface area (Å²) in [5.74, 6) is -1.04. The Morgan fingerprint density at radius 2 is 2.35 bits per heavy atom. The van der Waals surface area contributed by atoms with Gasteiger partial charge in [-0.05, 0) is 12.8 Å². The first-order valence-corrected chi connectivity index (χ1v) is 5.60. The van der Waals surface area contributed by atoms with Crippen LogP contribution in [0.2, 0.25) is 0 Å². The maximum atomic E-state index is 11.7. The van der Waals surface area contributed by atoms with Crippen LogP contribution in [0.5, 0.6) is 0 Å². The Hall–Kier alpha value is -1.56. The molecule has 1 heterocycles. The molecule has 17 heavy (non-hydrogen) atoms. The first kappa shape index (κ1) is 13.5. The van der Waals surface area contributed by atoms with E-state index in [0.717, 1.165) is 19.4 Å². The van der Waals surface area contributed by atoms with Gasteiger partial charge in [-0.25, -0.2) is 4.79 Å². The number of amides is 2. The third kappa shape index (κ3) is 4.86. The van der Waals surface area contributed by atoms with Crippen LogP contribution in [0.3, 0.4) is 0 Å².